The van der Waals surface area contributed by atoms with Crippen LogP contribution in [0.15, 0.2) is 52.4 Å². The van der Waals surface area contributed by atoms with Gasteiger partial charge in [-0.25, -0.2) is 4.99 Å². The molecule has 0 aromatic heterocycles. The zero-order valence-corrected chi connectivity index (χ0v) is 15.5. The number of anilines is 1. The fourth-order valence-electron chi connectivity index (χ4n) is 3.35. The van der Waals surface area contributed by atoms with Gasteiger partial charge in [-0.2, -0.15) is 4.99 Å². The van der Waals surface area contributed by atoms with Crippen molar-refractivity contribution in [2.45, 2.75) is 31.7 Å². The van der Waals surface area contributed by atoms with E-state index in [4.69, 9.17) is 21.9 Å². The smallest absolute Gasteiger partial charge is 0.223 e. The summed E-state index contributed by atoms with van der Waals surface area (Å²) in [5, 5.41) is 3.64. The van der Waals surface area contributed by atoms with Gasteiger partial charge >= 0.3 is 0 Å². The standard InChI is InChI=1S/C20H26N6O/c1-27-17-7-3-5-14-9-11-15(24-18(14)17)10-8-13-4-2-6-16(12-13)25-20(23)26-19(21)22/h2-7,12,15,24H,8-11H2,1H3,(H6,21,22,23,25,26). The van der Waals surface area contributed by atoms with Crippen LogP contribution < -0.4 is 27.3 Å². The molecule has 0 bridgehead atoms. The Labute approximate surface area is 159 Å². The van der Waals surface area contributed by atoms with E-state index in [0.717, 1.165) is 42.8 Å². The molecule has 0 fully saturated rings. The maximum Gasteiger partial charge on any atom is 0.223 e. The zero-order valence-electron chi connectivity index (χ0n) is 15.5. The van der Waals surface area contributed by atoms with E-state index in [-0.39, 0.29) is 11.9 Å². The first-order valence-electron chi connectivity index (χ1n) is 9.00. The number of rotatable bonds is 5. The molecule has 1 unspecified atom stereocenters. The lowest BCUT2D eigenvalue weighted by Crippen LogP contribution is -2.26. The van der Waals surface area contributed by atoms with E-state index in [1.54, 1.807) is 7.11 Å². The first-order chi connectivity index (χ1) is 13.0. The molecule has 1 aliphatic rings. The molecule has 1 aliphatic heterocycles. The molecule has 1 heterocycles. The summed E-state index contributed by atoms with van der Waals surface area (Å²) < 4.78 is 5.49. The number of hydrogen-bond donors (Lipinski definition) is 4. The summed E-state index contributed by atoms with van der Waals surface area (Å²) in [4.78, 5) is 7.96. The van der Waals surface area contributed by atoms with Crippen LogP contribution in [-0.2, 0) is 12.8 Å². The lowest BCUT2D eigenvalue weighted by atomic mass is 9.93. The number of nitrogens with zero attached hydrogens (tertiary/aromatic N) is 2. The van der Waals surface area contributed by atoms with Crippen molar-refractivity contribution in [2.24, 2.45) is 27.2 Å². The van der Waals surface area contributed by atoms with Crippen LogP contribution in [0.3, 0.4) is 0 Å². The third kappa shape index (κ3) is 4.91. The highest BCUT2D eigenvalue weighted by Crippen LogP contribution is 2.34. The van der Waals surface area contributed by atoms with Gasteiger partial charge in [0.25, 0.3) is 0 Å². The lowest BCUT2D eigenvalue weighted by molar-refractivity contribution is 0.413. The summed E-state index contributed by atoms with van der Waals surface area (Å²) >= 11 is 0. The minimum absolute atomic E-state index is 0.0461. The van der Waals surface area contributed by atoms with E-state index in [1.807, 2.05) is 30.3 Å². The molecule has 7 heteroatoms. The van der Waals surface area contributed by atoms with Gasteiger partial charge in [-0.15, -0.1) is 0 Å². The van der Waals surface area contributed by atoms with Crippen molar-refractivity contribution in [1.29, 1.82) is 0 Å². The Balaban J connectivity index is 1.64. The quantitative estimate of drug-likeness (QED) is 0.477. The summed E-state index contributed by atoms with van der Waals surface area (Å²) in [5.74, 6) is 0.847. The lowest BCUT2D eigenvalue weighted by Gasteiger charge is -2.28. The molecule has 0 radical (unpaired) electrons. The van der Waals surface area contributed by atoms with E-state index in [9.17, 15) is 0 Å². The van der Waals surface area contributed by atoms with Crippen molar-refractivity contribution >= 4 is 23.3 Å². The van der Waals surface area contributed by atoms with E-state index in [0.29, 0.717) is 6.04 Å². The molecule has 0 saturated heterocycles. The molecular weight excluding hydrogens is 340 g/mol. The van der Waals surface area contributed by atoms with Crippen molar-refractivity contribution < 1.29 is 4.74 Å². The minimum atomic E-state index is -0.105. The fourth-order valence-corrected chi connectivity index (χ4v) is 3.35. The van der Waals surface area contributed by atoms with Crippen LogP contribution in [-0.4, -0.2) is 25.1 Å². The summed E-state index contributed by atoms with van der Waals surface area (Å²) in [6.07, 6.45) is 4.13. The molecule has 0 saturated carbocycles. The molecular formula is C20H26N6O. The Morgan fingerprint density at radius 3 is 2.78 bits per heavy atom. The molecule has 7 nitrogen and oxygen atoms in total. The van der Waals surface area contributed by atoms with E-state index in [2.05, 4.69) is 27.4 Å². The van der Waals surface area contributed by atoms with Crippen LogP contribution in [0.5, 0.6) is 5.75 Å². The van der Waals surface area contributed by atoms with Gasteiger partial charge in [0.15, 0.2) is 5.96 Å². The number of para-hydroxylation sites is 1. The van der Waals surface area contributed by atoms with Gasteiger partial charge in [0.05, 0.1) is 18.5 Å². The Hall–Kier alpha value is -3.22. The highest BCUT2D eigenvalue weighted by molar-refractivity contribution is 5.93. The number of nitrogens with two attached hydrogens (primary N) is 3. The molecule has 142 valence electrons. The van der Waals surface area contributed by atoms with E-state index >= 15 is 0 Å². The van der Waals surface area contributed by atoms with Crippen LogP contribution >= 0.6 is 0 Å². The van der Waals surface area contributed by atoms with E-state index in [1.165, 1.54) is 11.1 Å². The second-order valence-electron chi connectivity index (χ2n) is 6.59. The molecule has 27 heavy (non-hydrogen) atoms. The predicted molar refractivity (Wildman–Crippen MR) is 111 cm³/mol. The van der Waals surface area contributed by atoms with Gasteiger partial charge in [0, 0.05) is 6.04 Å². The summed E-state index contributed by atoms with van der Waals surface area (Å²) in [6, 6.07) is 14.5. The number of ether oxygens (including phenoxy) is 1. The van der Waals surface area contributed by atoms with Gasteiger partial charge in [0.1, 0.15) is 5.75 Å². The number of hydrogen-bond acceptors (Lipinski definition) is 3. The molecule has 0 amide bonds. The Morgan fingerprint density at radius 1 is 1.19 bits per heavy atom. The van der Waals surface area contributed by atoms with Crippen molar-refractivity contribution in [1.82, 2.24) is 0 Å². The Morgan fingerprint density at radius 2 is 2.00 bits per heavy atom. The highest BCUT2D eigenvalue weighted by atomic mass is 16.5. The number of methoxy groups -OCH3 is 1. The number of guanidine groups is 2. The van der Waals surface area contributed by atoms with Crippen molar-refractivity contribution in [3.05, 3.63) is 53.6 Å². The molecule has 1 atom stereocenters. The molecule has 2 aromatic carbocycles. The predicted octanol–water partition coefficient (Wildman–Crippen LogP) is 2.27. The Bertz CT molecular complexity index is 843. The highest BCUT2D eigenvalue weighted by Gasteiger charge is 2.20. The monoisotopic (exact) mass is 366 g/mol. The second-order valence-corrected chi connectivity index (χ2v) is 6.59. The molecule has 3 rings (SSSR count). The van der Waals surface area contributed by atoms with Gasteiger partial charge in [-0.1, -0.05) is 24.3 Å². The van der Waals surface area contributed by atoms with Crippen LogP contribution in [0.4, 0.5) is 11.4 Å². The summed E-state index contributed by atoms with van der Waals surface area (Å²) in [7, 11) is 1.71. The van der Waals surface area contributed by atoms with Gasteiger partial charge in [0.2, 0.25) is 5.96 Å². The maximum atomic E-state index is 5.70. The third-order valence-electron chi connectivity index (χ3n) is 4.62. The summed E-state index contributed by atoms with van der Waals surface area (Å²) in [6.45, 7) is 0. The third-order valence-corrected chi connectivity index (χ3v) is 4.62. The van der Waals surface area contributed by atoms with E-state index < -0.39 is 0 Å². The van der Waals surface area contributed by atoms with Crippen LogP contribution in [0.2, 0.25) is 0 Å². The van der Waals surface area contributed by atoms with Crippen LogP contribution in [0, 0.1) is 0 Å². The first-order valence-corrected chi connectivity index (χ1v) is 9.00. The second kappa shape index (κ2) is 8.44. The SMILES string of the molecule is COc1cccc2c1NC(CCc1cccc(N=C(N)N=C(N)N)c1)CC2. The van der Waals surface area contributed by atoms with Crippen LogP contribution in [0.25, 0.3) is 0 Å². The molecule has 0 aliphatic carbocycles. The molecule has 0 spiro atoms. The number of aryl methyl sites for hydroxylation is 2. The number of fused-ring (bicyclic) bond motifs is 1. The zero-order chi connectivity index (χ0) is 19.2. The first kappa shape index (κ1) is 18.6. The molecule has 7 N–H and O–H groups in total. The average molecular weight is 366 g/mol. The Kier molecular flexibility index (Phi) is 5.80. The van der Waals surface area contributed by atoms with Gasteiger partial charge < -0.3 is 27.3 Å². The molecule has 2 aromatic rings. The number of aliphatic imine (C=N–C) groups is 2. The van der Waals surface area contributed by atoms with Crippen molar-refractivity contribution in [3.63, 3.8) is 0 Å². The van der Waals surface area contributed by atoms with Gasteiger partial charge in [-0.3, -0.25) is 0 Å². The van der Waals surface area contributed by atoms with Gasteiger partial charge in [-0.05, 0) is 55.0 Å². The summed E-state index contributed by atoms with van der Waals surface area (Å²) in [5.41, 5.74) is 20.7. The number of nitrogens with one attached hydrogen (secondary N) is 1. The topological polar surface area (TPSA) is 124 Å². The average Bonchev–Trinajstić information content (AvgIpc) is 2.65. The minimum Gasteiger partial charge on any atom is -0.495 e. The normalized spacial score (nSPS) is 16.2. The van der Waals surface area contributed by atoms with Crippen molar-refractivity contribution in [2.75, 3.05) is 12.4 Å². The number of benzene rings is 2. The largest absolute Gasteiger partial charge is 0.495 e. The fraction of sp³-hybridized carbons (Fsp3) is 0.300. The van der Waals surface area contributed by atoms with Crippen molar-refractivity contribution in [3.8, 4) is 5.75 Å². The van der Waals surface area contributed by atoms with Crippen LogP contribution in [0.1, 0.15) is 24.0 Å². The maximum absolute atomic E-state index is 5.70.